The fourth-order valence-corrected chi connectivity index (χ4v) is 3.02. The smallest absolute Gasteiger partial charge is 0.220 e. The number of hydrogen-bond acceptors (Lipinski definition) is 2. The molecule has 1 amide bonds. The fourth-order valence-electron chi connectivity index (χ4n) is 3.02. The average Bonchev–Trinajstić information content (AvgIpc) is 2.42. The highest BCUT2D eigenvalue weighted by atomic mass is 16.1. The van der Waals surface area contributed by atoms with Crippen molar-refractivity contribution in [3.8, 4) is 0 Å². The Bertz CT molecular complexity index is 247. The maximum atomic E-state index is 11.8. The second kappa shape index (κ2) is 9.35. The molecule has 0 radical (unpaired) electrons. The van der Waals surface area contributed by atoms with Crippen molar-refractivity contribution in [2.45, 2.75) is 71.8 Å². The number of carbonyl (C=O) groups excluding carboxylic acids is 1. The molecule has 0 aromatic heterocycles. The molecule has 0 heterocycles. The van der Waals surface area contributed by atoms with Crippen molar-refractivity contribution < 1.29 is 4.79 Å². The predicted octanol–water partition coefficient (Wildman–Crippen LogP) is 3.19. The molecule has 0 aliphatic heterocycles. The van der Waals surface area contributed by atoms with Crippen molar-refractivity contribution >= 4 is 5.91 Å². The van der Waals surface area contributed by atoms with Gasteiger partial charge in [0.2, 0.25) is 5.91 Å². The largest absolute Gasteiger partial charge is 0.355 e. The van der Waals surface area contributed by atoms with Crippen LogP contribution in [0.25, 0.3) is 0 Å². The van der Waals surface area contributed by atoms with E-state index in [1.807, 2.05) is 0 Å². The van der Waals surface area contributed by atoms with E-state index in [-0.39, 0.29) is 5.91 Å². The third-order valence-corrected chi connectivity index (χ3v) is 4.36. The number of nitrogens with one attached hydrogen (secondary N) is 1. The van der Waals surface area contributed by atoms with Crippen molar-refractivity contribution in [2.24, 2.45) is 5.92 Å². The van der Waals surface area contributed by atoms with Crippen LogP contribution in [0.15, 0.2) is 0 Å². The molecule has 1 fully saturated rings. The standard InChI is InChI=1S/C16H32N2O/c1-4-18(14(2)3)13-12-17-16(19)11-10-15-8-6-5-7-9-15/h14-15H,4-13H2,1-3H3,(H,17,19). The molecule has 19 heavy (non-hydrogen) atoms. The fraction of sp³-hybridized carbons (Fsp3) is 0.938. The monoisotopic (exact) mass is 268 g/mol. The van der Waals surface area contributed by atoms with Gasteiger partial charge in [0.25, 0.3) is 0 Å². The minimum absolute atomic E-state index is 0.241. The molecule has 3 nitrogen and oxygen atoms in total. The molecular weight excluding hydrogens is 236 g/mol. The number of rotatable bonds is 8. The third-order valence-electron chi connectivity index (χ3n) is 4.36. The van der Waals surface area contributed by atoms with Gasteiger partial charge in [0, 0.05) is 25.6 Å². The Hall–Kier alpha value is -0.570. The minimum Gasteiger partial charge on any atom is -0.355 e. The van der Waals surface area contributed by atoms with E-state index in [2.05, 4.69) is 31.0 Å². The Morgan fingerprint density at radius 2 is 1.95 bits per heavy atom. The number of likely N-dealkylation sites (N-methyl/N-ethyl adjacent to an activating group) is 1. The molecule has 1 rings (SSSR count). The van der Waals surface area contributed by atoms with Crippen LogP contribution in [0.2, 0.25) is 0 Å². The van der Waals surface area contributed by atoms with E-state index < -0.39 is 0 Å². The first kappa shape index (κ1) is 16.5. The molecule has 1 aliphatic carbocycles. The Kier molecular flexibility index (Phi) is 8.11. The molecule has 3 heteroatoms. The Balaban J connectivity index is 2.07. The van der Waals surface area contributed by atoms with Crippen molar-refractivity contribution in [1.29, 1.82) is 0 Å². The van der Waals surface area contributed by atoms with E-state index in [0.29, 0.717) is 6.04 Å². The zero-order chi connectivity index (χ0) is 14.1. The summed E-state index contributed by atoms with van der Waals surface area (Å²) in [7, 11) is 0. The van der Waals surface area contributed by atoms with E-state index in [0.717, 1.165) is 38.4 Å². The Morgan fingerprint density at radius 1 is 1.26 bits per heavy atom. The van der Waals surface area contributed by atoms with E-state index >= 15 is 0 Å². The van der Waals surface area contributed by atoms with E-state index in [1.165, 1.54) is 32.1 Å². The molecule has 0 saturated heterocycles. The zero-order valence-electron chi connectivity index (χ0n) is 13.1. The molecule has 0 aromatic carbocycles. The van der Waals surface area contributed by atoms with Gasteiger partial charge in [-0.2, -0.15) is 0 Å². The topological polar surface area (TPSA) is 32.3 Å². The highest BCUT2D eigenvalue weighted by Crippen LogP contribution is 2.27. The van der Waals surface area contributed by atoms with Crippen LogP contribution in [0.3, 0.4) is 0 Å². The van der Waals surface area contributed by atoms with E-state index in [1.54, 1.807) is 0 Å². The van der Waals surface area contributed by atoms with Crippen LogP contribution in [0.4, 0.5) is 0 Å². The summed E-state index contributed by atoms with van der Waals surface area (Å²) < 4.78 is 0. The van der Waals surface area contributed by atoms with Gasteiger partial charge in [0.1, 0.15) is 0 Å². The van der Waals surface area contributed by atoms with Gasteiger partial charge in [0.05, 0.1) is 0 Å². The summed E-state index contributed by atoms with van der Waals surface area (Å²) in [6, 6.07) is 0.559. The summed E-state index contributed by atoms with van der Waals surface area (Å²) in [5.41, 5.74) is 0. The zero-order valence-corrected chi connectivity index (χ0v) is 13.1. The van der Waals surface area contributed by atoms with Gasteiger partial charge in [-0.3, -0.25) is 9.69 Å². The molecule has 0 unspecified atom stereocenters. The predicted molar refractivity (Wildman–Crippen MR) is 81.2 cm³/mol. The highest BCUT2D eigenvalue weighted by Gasteiger charge is 2.14. The SMILES string of the molecule is CCN(CCNC(=O)CCC1CCCCC1)C(C)C. The molecule has 1 saturated carbocycles. The number of hydrogen-bond donors (Lipinski definition) is 1. The number of nitrogens with zero attached hydrogens (tertiary/aromatic N) is 1. The van der Waals surface area contributed by atoms with Gasteiger partial charge in [0.15, 0.2) is 0 Å². The number of carbonyl (C=O) groups is 1. The molecule has 0 bridgehead atoms. The summed E-state index contributed by atoms with van der Waals surface area (Å²) in [5, 5.41) is 3.06. The maximum absolute atomic E-state index is 11.8. The Labute approximate surface area is 119 Å². The average molecular weight is 268 g/mol. The van der Waals surface area contributed by atoms with Crippen molar-refractivity contribution in [1.82, 2.24) is 10.2 Å². The molecular formula is C16H32N2O. The number of amides is 1. The summed E-state index contributed by atoms with van der Waals surface area (Å²) in [5.74, 6) is 1.05. The van der Waals surface area contributed by atoms with Crippen molar-refractivity contribution in [2.75, 3.05) is 19.6 Å². The van der Waals surface area contributed by atoms with Crippen molar-refractivity contribution in [3.05, 3.63) is 0 Å². The van der Waals surface area contributed by atoms with Crippen LogP contribution in [-0.4, -0.2) is 36.5 Å². The first-order valence-electron chi connectivity index (χ1n) is 8.14. The second-order valence-corrected chi connectivity index (χ2v) is 6.12. The molecule has 0 atom stereocenters. The summed E-state index contributed by atoms with van der Waals surface area (Å²) in [4.78, 5) is 14.2. The van der Waals surface area contributed by atoms with Crippen LogP contribution in [0.1, 0.15) is 65.7 Å². The van der Waals surface area contributed by atoms with Crippen molar-refractivity contribution in [3.63, 3.8) is 0 Å². The summed E-state index contributed by atoms with van der Waals surface area (Å²) in [6.07, 6.45) is 8.61. The van der Waals surface area contributed by atoms with E-state index in [9.17, 15) is 4.79 Å². The summed E-state index contributed by atoms with van der Waals surface area (Å²) >= 11 is 0. The second-order valence-electron chi connectivity index (χ2n) is 6.12. The summed E-state index contributed by atoms with van der Waals surface area (Å²) in [6.45, 7) is 9.38. The van der Waals surface area contributed by atoms with Gasteiger partial charge in [-0.1, -0.05) is 39.0 Å². The lowest BCUT2D eigenvalue weighted by atomic mass is 9.86. The lowest BCUT2D eigenvalue weighted by Gasteiger charge is -2.25. The molecule has 0 spiro atoms. The normalized spacial score (nSPS) is 17.1. The van der Waals surface area contributed by atoms with Crippen LogP contribution in [0, 0.1) is 5.92 Å². The first-order valence-corrected chi connectivity index (χ1v) is 8.14. The quantitative estimate of drug-likeness (QED) is 0.733. The van der Waals surface area contributed by atoms with Gasteiger partial charge in [-0.05, 0) is 32.7 Å². The van der Waals surface area contributed by atoms with Crippen LogP contribution >= 0.6 is 0 Å². The molecule has 1 N–H and O–H groups in total. The third kappa shape index (κ3) is 6.95. The van der Waals surface area contributed by atoms with Gasteiger partial charge in [-0.25, -0.2) is 0 Å². The Morgan fingerprint density at radius 3 is 2.53 bits per heavy atom. The molecule has 0 aromatic rings. The van der Waals surface area contributed by atoms with Gasteiger partial charge >= 0.3 is 0 Å². The maximum Gasteiger partial charge on any atom is 0.220 e. The van der Waals surface area contributed by atoms with Crippen LogP contribution < -0.4 is 5.32 Å². The first-order chi connectivity index (χ1) is 9.13. The minimum atomic E-state index is 0.241. The van der Waals surface area contributed by atoms with Crippen LogP contribution in [0.5, 0.6) is 0 Å². The lowest BCUT2D eigenvalue weighted by molar-refractivity contribution is -0.121. The lowest BCUT2D eigenvalue weighted by Crippen LogP contribution is -2.38. The van der Waals surface area contributed by atoms with Crippen LogP contribution in [-0.2, 0) is 4.79 Å². The van der Waals surface area contributed by atoms with Gasteiger partial charge < -0.3 is 5.32 Å². The van der Waals surface area contributed by atoms with E-state index in [4.69, 9.17) is 0 Å². The molecule has 1 aliphatic rings. The molecule has 112 valence electrons. The van der Waals surface area contributed by atoms with Gasteiger partial charge in [-0.15, -0.1) is 0 Å². The highest BCUT2D eigenvalue weighted by molar-refractivity contribution is 5.75.